The third kappa shape index (κ3) is 2.12. The van der Waals surface area contributed by atoms with Crippen LogP contribution < -0.4 is 10.9 Å². The maximum absolute atomic E-state index is 12.1. The van der Waals surface area contributed by atoms with Crippen molar-refractivity contribution in [3.63, 3.8) is 0 Å². The highest BCUT2D eigenvalue weighted by molar-refractivity contribution is 5.79. The lowest BCUT2D eigenvalue weighted by atomic mass is 10.0. The smallest absolute Gasteiger partial charge is 0.262 e. The minimum absolute atomic E-state index is 0.0787. The van der Waals surface area contributed by atoms with Crippen molar-refractivity contribution in [1.82, 2.24) is 25.1 Å². The van der Waals surface area contributed by atoms with Crippen LogP contribution in [0.5, 0.6) is 0 Å². The van der Waals surface area contributed by atoms with Crippen LogP contribution in [0.4, 0.5) is 0 Å². The van der Waals surface area contributed by atoms with Gasteiger partial charge in [0.1, 0.15) is 11.2 Å². The molecule has 21 heavy (non-hydrogen) atoms. The first-order chi connectivity index (χ1) is 10.1. The van der Waals surface area contributed by atoms with Crippen molar-refractivity contribution in [2.75, 3.05) is 0 Å². The van der Waals surface area contributed by atoms with Gasteiger partial charge in [-0.25, -0.2) is 4.98 Å². The van der Waals surface area contributed by atoms with Crippen LogP contribution in [-0.4, -0.2) is 25.7 Å². The van der Waals surface area contributed by atoms with Crippen molar-refractivity contribution < 1.29 is 4.79 Å². The maximum Gasteiger partial charge on any atom is 0.262 e. The quantitative estimate of drug-likeness (QED) is 0.850. The minimum Gasteiger partial charge on any atom is -0.349 e. The Morgan fingerprint density at radius 3 is 2.95 bits per heavy atom. The molecule has 2 N–H and O–H groups in total. The molecule has 1 amide bonds. The number of fused-ring (bicyclic) bond motifs is 2. The molecule has 0 saturated heterocycles. The number of amides is 1. The molecule has 1 unspecified atom stereocenters. The number of aryl methyl sites for hydroxylation is 1. The van der Waals surface area contributed by atoms with Gasteiger partial charge in [0.25, 0.3) is 5.56 Å². The average molecular weight is 287 g/mol. The average Bonchev–Trinajstić information content (AvgIpc) is 2.90. The molecular formula is C14H17N5O2. The molecule has 0 radical (unpaired) electrons. The number of aromatic amines is 1. The summed E-state index contributed by atoms with van der Waals surface area (Å²) < 4.78 is 1.56. The number of nitrogens with one attached hydrogen (secondary N) is 2. The van der Waals surface area contributed by atoms with E-state index in [1.807, 2.05) is 0 Å². The van der Waals surface area contributed by atoms with Crippen LogP contribution in [0, 0.1) is 17.8 Å². The standard InChI is InChI=1S/C14H17N5O2/c1-19-12-10(5-16-19)14(21)18-11(17-12)6-15-13(20)9-3-7-2-8(7)4-9/h5,7-9H,2-4,6H2,1H3,(H,15,20)(H,17,18,21)/t7-,8+,9?. The van der Waals surface area contributed by atoms with Crippen molar-refractivity contribution >= 4 is 16.9 Å². The van der Waals surface area contributed by atoms with Crippen molar-refractivity contribution in [2.24, 2.45) is 24.8 Å². The number of hydrogen-bond acceptors (Lipinski definition) is 4. The number of carbonyl (C=O) groups excluding carboxylic acids is 1. The second-order valence-electron chi connectivity index (χ2n) is 6.16. The number of carbonyl (C=O) groups is 1. The molecular weight excluding hydrogens is 270 g/mol. The predicted octanol–water partition coefficient (Wildman–Crippen LogP) is 0.319. The van der Waals surface area contributed by atoms with E-state index in [0.29, 0.717) is 16.9 Å². The third-order valence-corrected chi connectivity index (χ3v) is 4.70. The Morgan fingerprint density at radius 2 is 2.19 bits per heavy atom. The lowest BCUT2D eigenvalue weighted by Crippen LogP contribution is -2.31. The van der Waals surface area contributed by atoms with E-state index >= 15 is 0 Å². The van der Waals surface area contributed by atoms with Crippen LogP contribution in [0.3, 0.4) is 0 Å². The van der Waals surface area contributed by atoms with Crippen LogP contribution in [0.2, 0.25) is 0 Å². The summed E-state index contributed by atoms with van der Waals surface area (Å²) in [5.41, 5.74) is 0.310. The summed E-state index contributed by atoms with van der Waals surface area (Å²) in [6.45, 7) is 0.251. The number of aromatic nitrogens is 4. The molecule has 110 valence electrons. The molecule has 2 aliphatic rings. The summed E-state index contributed by atoms with van der Waals surface area (Å²) in [6, 6.07) is 0. The van der Waals surface area contributed by atoms with Gasteiger partial charge >= 0.3 is 0 Å². The Hall–Kier alpha value is -2.18. The molecule has 7 heteroatoms. The second-order valence-corrected chi connectivity index (χ2v) is 6.16. The Morgan fingerprint density at radius 1 is 1.43 bits per heavy atom. The van der Waals surface area contributed by atoms with Gasteiger partial charge in [-0.1, -0.05) is 0 Å². The van der Waals surface area contributed by atoms with E-state index in [0.717, 1.165) is 24.7 Å². The summed E-state index contributed by atoms with van der Waals surface area (Å²) in [5, 5.41) is 7.36. The first-order valence-electron chi connectivity index (χ1n) is 7.30. The molecule has 2 aromatic rings. The lowest BCUT2D eigenvalue weighted by Gasteiger charge is -2.11. The molecule has 3 atom stereocenters. The van der Waals surface area contributed by atoms with Crippen LogP contribution >= 0.6 is 0 Å². The van der Waals surface area contributed by atoms with Crippen LogP contribution in [-0.2, 0) is 18.4 Å². The van der Waals surface area contributed by atoms with Gasteiger partial charge in [-0.2, -0.15) is 5.10 Å². The topological polar surface area (TPSA) is 92.7 Å². The normalized spacial score (nSPS) is 26.8. The zero-order valence-corrected chi connectivity index (χ0v) is 11.8. The fraction of sp³-hybridized carbons (Fsp3) is 0.571. The summed E-state index contributed by atoms with van der Waals surface area (Å²) in [7, 11) is 1.74. The number of hydrogen-bond donors (Lipinski definition) is 2. The Bertz CT molecular complexity index is 767. The van der Waals surface area contributed by atoms with Gasteiger partial charge in [-0.15, -0.1) is 0 Å². The number of rotatable bonds is 3. The van der Waals surface area contributed by atoms with E-state index in [1.165, 1.54) is 12.6 Å². The summed E-state index contributed by atoms with van der Waals surface area (Å²) in [6.07, 6.45) is 4.83. The van der Waals surface area contributed by atoms with Gasteiger partial charge in [0.05, 0.1) is 12.7 Å². The summed E-state index contributed by atoms with van der Waals surface area (Å²) in [5.74, 6) is 2.25. The van der Waals surface area contributed by atoms with E-state index < -0.39 is 0 Å². The fourth-order valence-corrected chi connectivity index (χ4v) is 3.41. The highest BCUT2D eigenvalue weighted by atomic mass is 16.2. The molecule has 0 bridgehead atoms. The molecule has 0 aromatic carbocycles. The first-order valence-corrected chi connectivity index (χ1v) is 7.30. The van der Waals surface area contributed by atoms with E-state index in [4.69, 9.17) is 0 Å². The molecule has 0 aliphatic heterocycles. The van der Waals surface area contributed by atoms with Crippen molar-refractivity contribution in [3.05, 3.63) is 22.4 Å². The molecule has 2 aromatic heterocycles. The summed E-state index contributed by atoms with van der Waals surface area (Å²) >= 11 is 0. The van der Waals surface area contributed by atoms with Crippen molar-refractivity contribution in [1.29, 1.82) is 0 Å². The van der Waals surface area contributed by atoms with Gasteiger partial charge in [0.2, 0.25) is 5.91 Å². The van der Waals surface area contributed by atoms with Gasteiger partial charge in [0, 0.05) is 13.0 Å². The number of nitrogens with zero attached hydrogens (tertiary/aromatic N) is 3. The largest absolute Gasteiger partial charge is 0.349 e. The lowest BCUT2D eigenvalue weighted by molar-refractivity contribution is -0.125. The Kier molecular flexibility index (Phi) is 2.63. The molecule has 2 saturated carbocycles. The highest BCUT2D eigenvalue weighted by Crippen LogP contribution is 2.54. The molecule has 4 rings (SSSR count). The van der Waals surface area contributed by atoms with Gasteiger partial charge in [-0.05, 0) is 31.1 Å². The zero-order valence-electron chi connectivity index (χ0n) is 11.8. The Balaban J connectivity index is 1.48. The molecule has 2 aliphatic carbocycles. The second kappa shape index (κ2) is 4.41. The van der Waals surface area contributed by atoms with E-state index in [9.17, 15) is 9.59 Å². The molecule has 0 spiro atoms. The predicted molar refractivity (Wildman–Crippen MR) is 75.3 cm³/mol. The first kappa shape index (κ1) is 12.6. The van der Waals surface area contributed by atoms with Crippen molar-refractivity contribution in [3.8, 4) is 0 Å². The molecule has 2 fully saturated rings. The molecule has 2 heterocycles. The number of H-pyrrole nitrogens is 1. The van der Waals surface area contributed by atoms with Gasteiger partial charge < -0.3 is 10.3 Å². The minimum atomic E-state index is -0.223. The third-order valence-electron chi connectivity index (χ3n) is 4.70. The van der Waals surface area contributed by atoms with Gasteiger partial charge in [0.15, 0.2) is 5.65 Å². The molecule has 7 nitrogen and oxygen atoms in total. The monoisotopic (exact) mass is 287 g/mol. The maximum atomic E-state index is 12.1. The van der Waals surface area contributed by atoms with E-state index in [1.54, 1.807) is 11.7 Å². The Labute approximate surface area is 120 Å². The van der Waals surface area contributed by atoms with Crippen molar-refractivity contribution in [2.45, 2.75) is 25.8 Å². The highest BCUT2D eigenvalue weighted by Gasteiger charge is 2.47. The fourth-order valence-electron chi connectivity index (χ4n) is 3.41. The van der Waals surface area contributed by atoms with E-state index in [2.05, 4.69) is 20.4 Å². The van der Waals surface area contributed by atoms with Crippen LogP contribution in [0.25, 0.3) is 11.0 Å². The van der Waals surface area contributed by atoms with Crippen LogP contribution in [0.15, 0.2) is 11.0 Å². The van der Waals surface area contributed by atoms with Crippen LogP contribution in [0.1, 0.15) is 25.1 Å². The SMILES string of the molecule is Cn1ncc2c(=O)[nH]c(CNC(=O)C3C[C@@H]4C[C@@H]4C3)nc21. The van der Waals surface area contributed by atoms with Gasteiger partial charge in [-0.3, -0.25) is 14.3 Å². The summed E-state index contributed by atoms with van der Waals surface area (Å²) in [4.78, 5) is 31.0. The van der Waals surface area contributed by atoms with E-state index in [-0.39, 0.29) is 23.9 Å². The zero-order chi connectivity index (χ0) is 14.6.